The number of hydrogen-bond donors (Lipinski definition) is 2. The van der Waals surface area contributed by atoms with Crippen LogP contribution in [0.2, 0.25) is 0 Å². The number of hydrogen-bond acceptors (Lipinski definition) is 4. The van der Waals surface area contributed by atoms with Crippen molar-refractivity contribution in [3.05, 3.63) is 59.7 Å². The van der Waals surface area contributed by atoms with Gasteiger partial charge in [-0.15, -0.1) is 0 Å². The average molecular weight is 477 g/mol. The first kappa shape index (κ1) is 23.4. The maximum Gasteiger partial charge on any atom is 0.407 e. The van der Waals surface area contributed by atoms with E-state index < -0.39 is 23.5 Å². The number of rotatable bonds is 5. The van der Waals surface area contributed by atoms with Gasteiger partial charge in [0.15, 0.2) is 0 Å². The third-order valence-corrected chi connectivity index (χ3v) is 8.01. The van der Waals surface area contributed by atoms with Crippen LogP contribution in [0, 0.1) is 11.3 Å². The Hall–Kier alpha value is -3.35. The second-order valence-corrected chi connectivity index (χ2v) is 10.7. The van der Waals surface area contributed by atoms with Crippen LogP contribution >= 0.6 is 0 Å². The van der Waals surface area contributed by atoms with Crippen molar-refractivity contribution in [2.24, 2.45) is 11.3 Å². The number of carboxylic acids is 1. The van der Waals surface area contributed by atoms with E-state index in [4.69, 9.17) is 4.74 Å². The van der Waals surface area contributed by atoms with Crippen molar-refractivity contribution in [2.45, 2.75) is 57.5 Å². The average Bonchev–Trinajstić information content (AvgIpc) is 3.51. The van der Waals surface area contributed by atoms with Crippen molar-refractivity contribution >= 4 is 18.0 Å². The number of fused-ring (bicyclic) bond motifs is 3. The number of benzene rings is 2. The van der Waals surface area contributed by atoms with E-state index in [0.717, 1.165) is 11.1 Å². The molecule has 5 rings (SSSR count). The lowest BCUT2D eigenvalue weighted by Crippen LogP contribution is -2.48. The highest BCUT2D eigenvalue weighted by Crippen LogP contribution is 2.44. The molecular formula is C28H32N2O5. The number of likely N-dealkylation sites (tertiary alicyclic amines) is 1. The Bertz CT molecular complexity index is 1110. The van der Waals surface area contributed by atoms with E-state index in [2.05, 4.69) is 29.6 Å². The summed E-state index contributed by atoms with van der Waals surface area (Å²) in [6.45, 7) is 4.51. The third kappa shape index (κ3) is 4.28. The van der Waals surface area contributed by atoms with Crippen LogP contribution in [0.1, 0.15) is 56.6 Å². The highest BCUT2D eigenvalue weighted by Gasteiger charge is 2.49. The van der Waals surface area contributed by atoms with Gasteiger partial charge in [0.05, 0.1) is 0 Å². The molecule has 1 heterocycles. The fourth-order valence-electron chi connectivity index (χ4n) is 6.18. The van der Waals surface area contributed by atoms with Gasteiger partial charge in [-0.2, -0.15) is 0 Å². The summed E-state index contributed by atoms with van der Waals surface area (Å²) >= 11 is 0. The van der Waals surface area contributed by atoms with Crippen molar-refractivity contribution in [1.82, 2.24) is 10.2 Å². The Morgan fingerprint density at radius 2 is 1.66 bits per heavy atom. The SMILES string of the molecule is CC1(C)CCN(C(=O)[C@@H]2CC[C@H](NC(=O)OCC3c4ccccc4-c4ccccc43)C2)C1C(=O)O. The second kappa shape index (κ2) is 9.02. The number of ether oxygens (including phenoxy) is 1. The molecule has 3 aliphatic rings. The molecular weight excluding hydrogens is 444 g/mol. The molecule has 7 nitrogen and oxygen atoms in total. The topological polar surface area (TPSA) is 95.9 Å². The van der Waals surface area contributed by atoms with Crippen molar-refractivity contribution in [3.8, 4) is 11.1 Å². The monoisotopic (exact) mass is 476 g/mol. The molecule has 184 valence electrons. The molecule has 2 aromatic carbocycles. The first-order valence-corrected chi connectivity index (χ1v) is 12.4. The molecule has 2 aromatic rings. The van der Waals surface area contributed by atoms with Gasteiger partial charge in [0.2, 0.25) is 5.91 Å². The molecule has 3 atom stereocenters. The van der Waals surface area contributed by atoms with E-state index in [1.165, 1.54) is 16.0 Å². The number of carbonyl (C=O) groups is 3. The van der Waals surface area contributed by atoms with Crippen LogP contribution < -0.4 is 5.32 Å². The van der Waals surface area contributed by atoms with Crippen molar-refractivity contribution in [1.29, 1.82) is 0 Å². The van der Waals surface area contributed by atoms with E-state index in [1.807, 2.05) is 38.1 Å². The molecule has 1 saturated heterocycles. The van der Waals surface area contributed by atoms with Crippen LogP contribution in [0.5, 0.6) is 0 Å². The molecule has 1 unspecified atom stereocenters. The number of amides is 2. The van der Waals surface area contributed by atoms with Crippen LogP contribution in [-0.4, -0.2) is 53.2 Å². The van der Waals surface area contributed by atoms with Crippen molar-refractivity contribution in [3.63, 3.8) is 0 Å². The highest BCUT2D eigenvalue weighted by molar-refractivity contribution is 5.86. The van der Waals surface area contributed by atoms with Gasteiger partial charge in [0.1, 0.15) is 12.6 Å². The lowest BCUT2D eigenvalue weighted by Gasteiger charge is -2.30. The quantitative estimate of drug-likeness (QED) is 0.667. The summed E-state index contributed by atoms with van der Waals surface area (Å²) in [5, 5.41) is 12.6. The molecule has 1 saturated carbocycles. The first-order valence-electron chi connectivity index (χ1n) is 12.4. The molecule has 1 aliphatic heterocycles. The molecule has 35 heavy (non-hydrogen) atoms. The largest absolute Gasteiger partial charge is 0.480 e. The number of carbonyl (C=O) groups excluding carboxylic acids is 2. The van der Waals surface area contributed by atoms with Crippen molar-refractivity contribution in [2.75, 3.05) is 13.2 Å². The Morgan fingerprint density at radius 3 is 2.29 bits per heavy atom. The Balaban J connectivity index is 1.17. The van der Waals surface area contributed by atoms with Crippen LogP contribution in [0.25, 0.3) is 11.1 Å². The van der Waals surface area contributed by atoms with E-state index in [9.17, 15) is 19.5 Å². The van der Waals surface area contributed by atoms with Crippen molar-refractivity contribution < 1.29 is 24.2 Å². The summed E-state index contributed by atoms with van der Waals surface area (Å²) in [7, 11) is 0. The standard InChI is InChI=1S/C28H32N2O5/c1-28(2)13-14-30(24(28)26(32)33)25(31)17-11-12-18(15-17)29-27(34)35-16-23-21-9-5-3-7-19(21)20-8-4-6-10-22(20)23/h3-10,17-18,23-24H,11-16H2,1-2H3,(H,29,34)(H,32,33)/t17-,18+,24?/m1/s1. The number of nitrogens with one attached hydrogen (secondary N) is 1. The van der Waals surface area contributed by atoms with Gasteiger partial charge in [-0.25, -0.2) is 9.59 Å². The predicted octanol–water partition coefficient (Wildman–Crippen LogP) is 4.41. The summed E-state index contributed by atoms with van der Waals surface area (Å²) in [4.78, 5) is 39.1. The van der Waals surface area contributed by atoms with Crippen LogP contribution in [0.4, 0.5) is 4.79 Å². The van der Waals surface area contributed by atoms with Crippen LogP contribution in [0.3, 0.4) is 0 Å². The lowest BCUT2D eigenvalue weighted by molar-refractivity contribution is -0.152. The smallest absolute Gasteiger partial charge is 0.407 e. The molecule has 0 aromatic heterocycles. The fraction of sp³-hybridized carbons (Fsp3) is 0.464. The summed E-state index contributed by atoms with van der Waals surface area (Å²) in [6.07, 6.45) is 2.01. The molecule has 0 radical (unpaired) electrons. The summed E-state index contributed by atoms with van der Waals surface area (Å²) < 4.78 is 5.65. The number of nitrogens with zero attached hydrogens (tertiary/aromatic N) is 1. The predicted molar refractivity (Wildman–Crippen MR) is 131 cm³/mol. The summed E-state index contributed by atoms with van der Waals surface area (Å²) in [5.74, 6) is -1.34. The fourth-order valence-corrected chi connectivity index (χ4v) is 6.18. The molecule has 2 N–H and O–H groups in total. The number of carboxylic acid groups (broad SMARTS) is 1. The number of alkyl carbamates (subject to hydrolysis) is 1. The van der Waals surface area contributed by atoms with E-state index >= 15 is 0 Å². The van der Waals surface area contributed by atoms with Gasteiger partial charge in [0, 0.05) is 24.4 Å². The van der Waals surface area contributed by atoms with E-state index in [-0.39, 0.29) is 30.4 Å². The van der Waals surface area contributed by atoms with Crippen LogP contribution in [-0.2, 0) is 14.3 Å². The molecule has 2 aliphatic carbocycles. The Kier molecular flexibility index (Phi) is 6.03. The molecule has 0 spiro atoms. The second-order valence-electron chi connectivity index (χ2n) is 10.7. The zero-order valence-corrected chi connectivity index (χ0v) is 20.2. The third-order valence-electron chi connectivity index (χ3n) is 8.01. The Labute approximate surface area is 205 Å². The number of aliphatic carboxylic acids is 1. The minimum absolute atomic E-state index is 0.00229. The van der Waals surface area contributed by atoms with Gasteiger partial charge < -0.3 is 20.1 Å². The zero-order chi connectivity index (χ0) is 24.7. The molecule has 2 fully saturated rings. The van der Waals surface area contributed by atoms with Gasteiger partial charge in [0.25, 0.3) is 0 Å². The highest BCUT2D eigenvalue weighted by atomic mass is 16.5. The summed E-state index contributed by atoms with van der Waals surface area (Å²) in [6, 6.07) is 15.4. The van der Waals surface area contributed by atoms with Gasteiger partial charge in [-0.1, -0.05) is 62.4 Å². The van der Waals surface area contributed by atoms with Gasteiger partial charge >= 0.3 is 12.1 Å². The maximum atomic E-state index is 13.1. The van der Waals surface area contributed by atoms with E-state index in [1.54, 1.807) is 0 Å². The van der Waals surface area contributed by atoms with Gasteiger partial charge in [-0.3, -0.25) is 4.79 Å². The van der Waals surface area contributed by atoms with Gasteiger partial charge in [-0.05, 0) is 53.4 Å². The summed E-state index contributed by atoms with van der Waals surface area (Å²) in [5.41, 5.74) is 4.24. The zero-order valence-electron chi connectivity index (χ0n) is 20.2. The van der Waals surface area contributed by atoms with Crippen LogP contribution in [0.15, 0.2) is 48.5 Å². The first-order chi connectivity index (χ1) is 16.8. The Morgan fingerprint density at radius 1 is 1.03 bits per heavy atom. The molecule has 2 amide bonds. The maximum absolute atomic E-state index is 13.1. The molecule has 7 heteroatoms. The lowest BCUT2D eigenvalue weighted by atomic mass is 9.84. The minimum atomic E-state index is -0.952. The van der Waals surface area contributed by atoms with E-state index in [0.29, 0.717) is 32.2 Å². The minimum Gasteiger partial charge on any atom is -0.480 e. The molecule has 0 bridgehead atoms. The normalized spacial score (nSPS) is 24.6.